The minimum Gasteiger partial charge on any atom is -0.390 e. The fraction of sp³-hybridized carbons (Fsp3) is 1.00. The molecule has 1 heterocycles. The van der Waals surface area contributed by atoms with E-state index in [1.807, 2.05) is 0 Å². The van der Waals surface area contributed by atoms with Crippen LogP contribution in [0.1, 0.15) is 39.5 Å². The zero-order valence-electron chi connectivity index (χ0n) is 10.9. The molecular formula is C13H28N2O. The molecule has 1 saturated heterocycles. The van der Waals surface area contributed by atoms with Crippen LogP contribution in [-0.2, 0) is 0 Å². The summed E-state index contributed by atoms with van der Waals surface area (Å²) in [6.07, 6.45) is 5.08. The molecule has 1 aliphatic rings. The molecule has 0 saturated carbocycles. The van der Waals surface area contributed by atoms with E-state index >= 15 is 0 Å². The summed E-state index contributed by atoms with van der Waals surface area (Å²) < 4.78 is 0. The first kappa shape index (κ1) is 13.9. The molecule has 0 amide bonds. The van der Waals surface area contributed by atoms with Crippen LogP contribution in [0.15, 0.2) is 0 Å². The van der Waals surface area contributed by atoms with Crippen LogP contribution in [0.5, 0.6) is 0 Å². The van der Waals surface area contributed by atoms with E-state index in [4.69, 9.17) is 0 Å². The maximum absolute atomic E-state index is 9.84. The summed E-state index contributed by atoms with van der Waals surface area (Å²) in [4.78, 5) is 2.43. The Morgan fingerprint density at radius 3 is 2.81 bits per heavy atom. The van der Waals surface area contributed by atoms with Crippen molar-refractivity contribution in [2.45, 2.75) is 45.6 Å². The van der Waals surface area contributed by atoms with E-state index in [0.29, 0.717) is 0 Å². The number of hydrogen-bond acceptors (Lipinski definition) is 3. The third-order valence-electron chi connectivity index (χ3n) is 3.62. The molecule has 0 radical (unpaired) electrons. The van der Waals surface area contributed by atoms with Gasteiger partial charge in [-0.15, -0.1) is 0 Å². The quantitative estimate of drug-likeness (QED) is 0.722. The van der Waals surface area contributed by atoms with E-state index in [-0.39, 0.29) is 6.10 Å². The van der Waals surface area contributed by atoms with Crippen molar-refractivity contribution in [3.8, 4) is 0 Å². The number of nitrogens with one attached hydrogen (secondary N) is 1. The summed E-state index contributed by atoms with van der Waals surface area (Å²) in [5.74, 6) is 0.913. The normalized spacial score (nSPS) is 25.3. The van der Waals surface area contributed by atoms with Gasteiger partial charge in [0.2, 0.25) is 0 Å². The molecule has 0 aromatic heterocycles. The molecule has 0 spiro atoms. The minimum atomic E-state index is -0.210. The van der Waals surface area contributed by atoms with Crippen LogP contribution in [0, 0.1) is 5.92 Å². The summed E-state index contributed by atoms with van der Waals surface area (Å²) >= 11 is 0. The highest BCUT2D eigenvalue weighted by atomic mass is 16.3. The van der Waals surface area contributed by atoms with Crippen molar-refractivity contribution in [2.75, 3.05) is 32.7 Å². The molecule has 0 aliphatic carbocycles. The van der Waals surface area contributed by atoms with Gasteiger partial charge in [-0.05, 0) is 44.8 Å². The zero-order valence-corrected chi connectivity index (χ0v) is 10.9. The van der Waals surface area contributed by atoms with E-state index in [9.17, 15) is 5.11 Å². The first-order valence-electron chi connectivity index (χ1n) is 6.87. The van der Waals surface area contributed by atoms with Crippen molar-refractivity contribution < 1.29 is 5.11 Å². The lowest BCUT2D eigenvalue weighted by molar-refractivity contribution is 0.113. The van der Waals surface area contributed by atoms with Gasteiger partial charge in [0.1, 0.15) is 0 Å². The Bertz CT molecular complexity index is 175. The lowest BCUT2D eigenvalue weighted by atomic mass is 9.98. The second kappa shape index (κ2) is 8.04. The van der Waals surface area contributed by atoms with Crippen molar-refractivity contribution in [2.24, 2.45) is 5.92 Å². The Labute approximate surface area is 100 Å². The molecule has 1 fully saturated rings. The maximum Gasteiger partial charge on any atom is 0.0791 e. The van der Waals surface area contributed by atoms with Crippen LogP contribution in [0.3, 0.4) is 0 Å². The average molecular weight is 228 g/mol. The number of aliphatic hydroxyl groups excluding tert-OH is 1. The summed E-state index contributed by atoms with van der Waals surface area (Å²) in [6, 6.07) is 0. The molecule has 0 aromatic carbocycles. The number of β-amino-alcohol motifs (C(OH)–C–C–N with tert-alkyl or cyclic N) is 1. The van der Waals surface area contributed by atoms with Gasteiger partial charge < -0.3 is 15.3 Å². The van der Waals surface area contributed by atoms with E-state index < -0.39 is 0 Å². The van der Waals surface area contributed by atoms with Crippen molar-refractivity contribution in [1.29, 1.82) is 0 Å². The van der Waals surface area contributed by atoms with Crippen LogP contribution < -0.4 is 5.32 Å². The summed E-state index contributed by atoms with van der Waals surface area (Å²) in [6.45, 7) is 9.20. The molecule has 2 unspecified atom stereocenters. The summed E-state index contributed by atoms with van der Waals surface area (Å²) in [5.41, 5.74) is 0. The molecule has 2 N–H and O–H groups in total. The van der Waals surface area contributed by atoms with Gasteiger partial charge in [0.15, 0.2) is 0 Å². The van der Waals surface area contributed by atoms with Crippen molar-refractivity contribution in [1.82, 2.24) is 10.2 Å². The molecule has 1 rings (SSSR count). The fourth-order valence-electron chi connectivity index (χ4n) is 2.49. The van der Waals surface area contributed by atoms with E-state index in [1.165, 1.54) is 38.8 Å². The molecule has 1 aliphatic heterocycles. The highest BCUT2D eigenvalue weighted by molar-refractivity contribution is 4.72. The smallest absolute Gasteiger partial charge is 0.0791 e. The zero-order chi connectivity index (χ0) is 11.8. The Kier molecular flexibility index (Phi) is 7.01. The van der Waals surface area contributed by atoms with Gasteiger partial charge in [-0.25, -0.2) is 0 Å². The van der Waals surface area contributed by atoms with Crippen molar-refractivity contribution in [3.63, 3.8) is 0 Å². The Morgan fingerprint density at radius 1 is 1.31 bits per heavy atom. The number of aliphatic hydroxyl groups is 1. The standard InChI is InChI=1S/C13H28N2O/c1-3-12-6-5-8-15(9-7-12)11-13(16)10-14-4-2/h12-14,16H,3-11H2,1-2H3. The maximum atomic E-state index is 9.84. The molecular weight excluding hydrogens is 200 g/mol. The first-order valence-corrected chi connectivity index (χ1v) is 6.87. The third kappa shape index (κ3) is 5.28. The number of likely N-dealkylation sites (N-methyl/N-ethyl adjacent to an activating group) is 1. The predicted octanol–water partition coefficient (Wildman–Crippen LogP) is 1.47. The third-order valence-corrected chi connectivity index (χ3v) is 3.62. The van der Waals surface area contributed by atoms with Crippen LogP contribution in [0.25, 0.3) is 0 Å². The largest absolute Gasteiger partial charge is 0.390 e. The second-order valence-corrected chi connectivity index (χ2v) is 4.97. The molecule has 0 bridgehead atoms. The average Bonchev–Trinajstić information content (AvgIpc) is 2.51. The Morgan fingerprint density at radius 2 is 2.12 bits per heavy atom. The van der Waals surface area contributed by atoms with Crippen LogP contribution in [0.2, 0.25) is 0 Å². The van der Waals surface area contributed by atoms with E-state index in [1.54, 1.807) is 0 Å². The van der Waals surface area contributed by atoms with Gasteiger partial charge in [0, 0.05) is 13.1 Å². The highest BCUT2D eigenvalue weighted by Gasteiger charge is 2.17. The van der Waals surface area contributed by atoms with Gasteiger partial charge in [0.25, 0.3) is 0 Å². The molecule has 0 aromatic rings. The van der Waals surface area contributed by atoms with Gasteiger partial charge >= 0.3 is 0 Å². The number of likely N-dealkylation sites (tertiary alicyclic amines) is 1. The lowest BCUT2D eigenvalue weighted by Crippen LogP contribution is -2.38. The second-order valence-electron chi connectivity index (χ2n) is 4.97. The topological polar surface area (TPSA) is 35.5 Å². The first-order chi connectivity index (χ1) is 7.76. The predicted molar refractivity (Wildman–Crippen MR) is 68.6 cm³/mol. The Hall–Kier alpha value is -0.120. The van der Waals surface area contributed by atoms with Crippen molar-refractivity contribution in [3.05, 3.63) is 0 Å². The molecule has 2 atom stereocenters. The van der Waals surface area contributed by atoms with Crippen LogP contribution in [0.4, 0.5) is 0 Å². The molecule has 3 nitrogen and oxygen atoms in total. The monoisotopic (exact) mass is 228 g/mol. The molecule has 16 heavy (non-hydrogen) atoms. The van der Waals surface area contributed by atoms with Gasteiger partial charge in [-0.3, -0.25) is 0 Å². The highest BCUT2D eigenvalue weighted by Crippen LogP contribution is 2.20. The lowest BCUT2D eigenvalue weighted by Gasteiger charge is -2.23. The fourth-order valence-corrected chi connectivity index (χ4v) is 2.49. The van der Waals surface area contributed by atoms with Gasteiger partial charge in [-0.1, -0.05) is 20.3 Å². The SMILES string of the molecule is CCNCC(O)CN1CCCC(CC)CC1. The van der Waals surface area contributed by atoms with E-state index in [0.717, 1.165) is 25.6 Å². The number of hydrogen-bond donors (Lipinski definition) is 2. The summed E-state index contributed by atoms with van der Waals surface area (Å²) in [5, 5.41) is 13.0. The van der Waals surface area contributed by atoms with Crippen molar-refractivity contribution >= 4 is 0 Å². The van der Waals surface area contributed by atoms with Gasteiger partial charge in [-0.2, -0.15) is 0 Å². The summed E-state index contributed by atoms with van der Waals surface area (Å²) in [7, 11) is 0. The minimum absolute atomic E-state index is 0.210. The molecule has 96 valence electrons. The molecule has 3 heteroatoms. The van der Waals surface area contributed by atoms with Crippen LogP contribution in [-0.4, -0.2) is 48.8 Å². The van der Waals surface area contributed by atoms with Gasteiger partial charge in [0.05, 0.1) is 6.10 Å². The Balaban J connectivity index is 2.21. The van der Waals surface area contributed by atoms with E-state index in [2.05, 4.69) is 24.1 Å². The number of nitrogens with zero attached hydrogens (tertiary/aromatic N) is 1. The number of rotatable bonds is 6. The van der Waals surface area contributed by atoms with Crippen LogP contribution >= 0.6 is 0 Å².